The Hall–Kier alpha value is -1.59. The van der Waals surface area contributed by atoms with Gasteiger partial charge in [-0.2, -0.15) is 0 Å². The van der Waals surface area contributed by atoms with Gasteiger partial charge in [-0.05, 0) is 40.6 Å². The Bertz CT molecular complexity index is 772. The van der Waals surface area contributed by atoms with Crippen LogP contribution in [0, 0.1) is 0 Å². The van der Waals surface area contributed by atoms with Crippen LogP contribution in [0.5, 0.6) is 5.75 Å². The largest absolute Gasteiger partial charge is 0.496 e. The number of thiophene rings is 1. The topological polar surface area (TPSA) is 47.3 Å². The van der Waals surface area contributed by atoms with Gasteiger partial charge in [0.15, 0.2) is 0 Å². The van der Waals surface area contributed by atoms with Crippen molar-refractivity contribution in [3.8, 4) is 5.75 Å². The number of hydrazine groups is 1. The molecule has 0 spiro atoms. The van der Waals surface area contributed by atoms with Crippen molar-refractivity contribution in [1.82, 2.24) is 5.43 Å². The molecule has 1 unspecified atom stereocenters. The van der Waals surface area contributed by atoms with Crippen LogP contribution >= 0.6 is 22.9 Å². The van der Waals surface area contributed by atoms with Gasteiger partial charge in [-0.25, -0.2) is 5.43 Å². The van der Waals surface area contributed by atoms with Gasteiger partial charge in [-0.1, -0.05) is 29.8 Å². The van der Waals surface area contributed by atoms with Crippen molar-refractivity contribution >= 4 is 33.0 Å². The molecule has 0 radical (unpaired) electrons. The molecule has 0 saturated heterocycles. The Morgan fingerprint density at radius 2 is 2.05 bits per heavy atom. The van der Waals surface area contributed by atoms with E-state index in [2.05, 4.69) is 29.0 Å². The summed E-state index contributed by atoms with van der Waals surface area (Å²) in [6.07, 6.45) is 0. The van der Waals surface area contributed by atoms with Gasteiger partial charge in [0, 0.05) is 15.3 Å². The summed E-state index contributed by atoms with van der Waals surface area (Å²) in [4.78, 5) is 0. The lowest BCUT2D eigenvalue weighted by molar-refractivity contribution is 0.404. The van der Waals surface area contributed by atoms with Gasteiger partial charge >= 0.3 is 0 Å². The van der Waals surface area contributed by atoms with Gasteiger partial charge in [0.2, 0.25) is 0 Å². The lowest BCUT2D eigenvalue weighted by Crippen LogP contribution is -2.29. The first kappa shape index (κ1) is 14.4. The Morgan fingerprint density at radius 1 is 1.19 bits per heavy atom. The van der Waals surface area contributed by atoms with Gasteiger partial charge < -0.3 is 4.74 Å². The van der Waals surface area contributed by atoms with Crippen LogP contribution < -0.4 is 16.0 Å². The summed E-state index contributed by atoms with van der Waals surface area (Å²) in [5.74, 6) is 6.59. The summed E-state index contributed by atoms with van der Waals surface area (Å²) in [5.41, 5.74) is 4.93. The van der Waals surface area contributed by atoms with E-state index in [1.54, 1.807) is 18.4 Å². The van der Waals surface area contributed by atoms with Crippen molar-refractivity contribution in [3.05, 3.63) is 64.0 Å². The molecule has 0 saturated carbocycles. The van der Waals surface area contributed by atoms with E-state index in [9.17, 15) is 0 Å². The number of halogens is 1. The molecular formula is C16H15ClN2OS. The van der Waals surface area contributed by atoms with E-state index in [0.717, 1.165) is 16.9 Å². The summed E-state index contributed by atoms with van der Waals surface area (Å²) >= 11 is 7.84. The predicted octanol–water partition coefficient (Wildman–Crippen LogP) is 4.12. The van der Waals surface area contributed by atoms with Gasteiger partial charge in [-0.3, -0.25) is 5.84 Å². The number of nitrogens with two attached hydrogens (primary N) is 1. The quantitative estimate of drug-likeness (QED) is 0.562. The highest BCUT2D eigenvalue weighted by atomic mass is 35.5. The van der Waals surface area contributed by atoms with Crippen molar-refractivity contribution in [2.24, 2.45) is 5.84 Å². The Labute approximate surface area is 132 Å². The molecule has 0 bridgehead atoms. The Morgan fingerprint density at radius 3 is 2.81 bits per heavy atom. The highest BCUT2D eigenvalue weighted by molar-refractivity contribution is 7.17. The van der Waals surface area contributed by atoms with Crippen molar-refractivity contribution in [2.45, 2.75) is 6.04 Å². The second kappa shape index (κ2) is 6.03. The van der Waals surface area contributed by atoms with Crippen molar-refractivity contribution < 1.29 is 4.74 Å². The zero-order valence-electron chi connectivity index (χ0n) is 11.5. The molecular weight excluding hydrogens is 304 g/mol. The molecule has 0 aliphatic carbocycles. The predicted molar refractivity (Wildman–Crippen MR) is 89.0 cm³/mol. The molecule has 1 heterocycles. The Kier molecular flexibility index (Phi) is 4.12. The van der Waals surface area contributed by atoms with Gasteiger partial charge in [0.05, 0.1) is 13.2 Å². The summed E-state index contributed by atoms with van der Waals surface area (Å²) < 4.78 is 6.66. The maximum Gasteiger partial charge on any atom is 0.124 e. The molecule has 21 heavy (non-hydrogen) atoms. The number of rotatable bonds is 4. The fraction of sp³-hybridized carbons (Fsp3) is 0.125. The average Bonchev–Trinajstić information content (AvgIpc) is 2.97. The van der Waals surface area contributed by atoms with Crippen LogP contribution in [0.2, 0.25) is 5.02 Å². The van der Waals surface area contributed by atoms with E-state index in [0.29, 0.717) is 5.02 Å². The fourth-order valence-corrected chi connectivity index (χ4v) is 3.65. The second-order valence-electron chi connectivity index (χ2n) is 4.67. The third-order valence-corrected chi connectivity index (χ3v) is 4.70. The molecule has 3 rings (SSSR count). The first-order chi connectivity index (χ1) is 10.2. The van der Waals surface area contributed by atoms with Crippen LogP contribution in [0.15, 0.2) is 47.8 Å². The van der Waals surface area contributed by atoms with E-state index in [-0.39, 0.29) is 6.04 Å². The molecule has 2 aromatic carbocycles. The standard InChI is InChI=1S/C16H15ClN2OS/c1-20-14-6-5-11(17)9-13(14)15(19-18)12-4-2-3-10-7-8-21-16(10)12/h2-9,15,19H,18H2,1H3. The highest BCUT2D eigenvalue weighted by Crippen LogP contribution is 2.36. The van der Waals surface area contributed by atoms with Crippen LogP contribution in [-0.2, 0) is 0 Å². The molecule has 1 aromatic heterocycles. The molecule has 0 fully saturated rings. The number of hydrogen-bond donors (Lipinski definition) is 2. The smallest absolute Gasteiger partial charge is 0.124 e. The number of benzene rings is 2. The molecule has 0 aliphatic rings. The molecule has 108 valence electrons. The lowest BCUT2D eigenvalue weighted by atomic mass is 9.97. The van der Waals surface area contributed by atoms with Crippen LogP contribution in [-0.4, -0.2) is 7.11 Å². The number of nitrogens with one attached hydrogen (secondary N) is 1. The monoisotopic (exact) mass is 318 g/mol. The first-order valence-electron chi connectivity index (χ1n) is 6.50. The fourth-order valence-electron chi connectivity index (χ4n) is 2.52. The molecule has 1 atom stereocenters. The summed E-state index contributed by atoms with van der Waals surface area (Å²) in [5, 5.41) is 3.94. The minimum atomic E-state index is -0.180. The summed E-state index contributed by atoms with van der Waals surface area (Å²) in [6.45, 7) is 0. The van der Waals surface area contributed by atoms with E-state index in [1.165, 1.54) is 10.1 Å². The number of methoxy groups -OCH3 is 1. The van der Waals surface area contributed by atoms with E-state index in [1.807, 2.05) is 24.3 Å². The molecule has 3 aromatic rings. The third kappa shape index (κ3) is 2.63. The maximum absolute atomic E-state index is 6.14. The number of fused-ring (bicyclic) bond motifs is 1. The van der Waals surface area contributed by atoms with Crippen molar-refractivity contribution in [1.29, 1.82) is 0 Å². The van der Waals surface area contributed by atoms with Crippen LogP contribution in [0.3, 0.4) is 0 Å². The zero-order chi connectivity index (χ0) is 14.8. The summed E-state index contributed by atoms with van der Waals surface area (Å²) in [7, 11) is 1.64. The summed E-state index contributed by atoms with van der Waals surface area (Å²) in [6, 6.07) is 13.7. The molecule has 0 aliphatic heterocycles. The first-order valence-corrected chi connectivity index (χ1v) is 7.76. The maximum atomic E-state index is 6.14. The SMILES string of the molecule is COc1ccc(Cl)cc1C(NN)c1cccc2ccsc12. The van der Waals surface area contributed by atoms with Crippen molar-refractivity contribution in [2.75, 3.05) is 7.11 Å². The molecule has 3 N–H and O–H groups in total. The lowest BCUT2D eigenvalue weighted by Gasteiger charge is -2.20. The molecule has 0 amide bonds. The number of hydrogen-bond acceptors (Lipinski definition) is 4. The highest BCUT2D eigenvalue weighted by Gasteiger charge is 2.20. The van der Waals surface area contributed by atoms with E-state index >= 15 is 0 Å². The van der Waals surface area contributed by atoms with Crippen LogP contribution in [0.25, 0.3) is 10.1 Å². The Balaban J connectivity index is 2.19. The van der Waals surface area contributed by atoms with Crippen molar-refractivity contribution in [3.63, 3.8) is 0 Å². The van der Waals surface area contributed by atoms with Crippen LogP contribution in [0.4, 0.5) is 0 Å². The van der Waals surface area contributed by atoms with E-state index in [4.69, 9.17) is 22.2 Å². The second-order valence-corrected chi connectivity index (χ2v) is 6.02. The average molecular weight is 319 g/mol. The number of ether oxygens (including phenoxy) is 1. The van der Waals surface area contributed by atoms with E-state index < -0.39 is 0 Å². The van der Waals surface area contributed by atoms with Gasteiger partial charge in [0.1, 0.15) is 5.75 Å². The molecule has 3 nitrogen and oxygen atoms in total. The van der Waals surface area contributed by atoms with Gasteiger partial charge in [0.25, 0.3) is 0 Å². The minimum Gasteiger partial charge on any atom is -0.496 e. The minimum absolute atomic E-state index is 0.180. The third-order valence-electron chi connectivity index (χ3n) is 3.49. The zero-order valence-corrected chi connectivity index (χ0v) is 13.0. The molecule has 5 heteroatoms. The normalized spacial score (nSPS) is 12.5. The van der Waals surface area contributed by atoms with Crippen LogP contribution in [0.1, 0.15) is 17.2 Å². The van der Waals surface area contributed by atoms with Gasteiger partial charge in [-0.15, -0.1) is 11.3 Å².